The van der Waals surface area contributed by atoms with E-state index in [1.54, 1.807) is 20.8 Å². The van der Waals surface area contributed by atoms with Crippen molar-refractivity contribution < 1.29 is 37.3 Å². The number of likely N-dealkylation sites (N-methyl/N-ethyl adjacent to an activating group) is 1. The summed E-state index contributed by atoms with van der Waals surface area (Å²) in [4.78, 5) is 28.8. The van der Waals surface area contributed by atoms with Gasteiger partial charge in [0.2, 0.25) is 5.54 Å². The highest BCUT2D eigenvalue weighted by Gasteiger charge is 2.63. The normalized spacial score (nSPS) is 18.2. The number of anilines is 1. The molecular formula is C34H40F3N3O5. The number of nitrogens with one attached hydrogen (secondary N) is 1. The number of amides is 1. The Labute approximate surface area is 261 Å². The first-order valence-electron chi connectivity index (χ1n) is 14.7. The molecule has 0 bridgehead atoms. The third-order valence-corrected chi connectivity index (χ3v) is 7.99. The summed E-state index contributed by atoms with van der Waals surface area (Å²) in [6.07, 6.45) is -5.79. The molecule has 0 radical (unpaired) electrons. The van der Waals surface area contributed by atoms with Crippen LogP contribution in [-0.4, -0.2) is 66.2 Å². The van der Waals surface area contributed by atoms with Crippen LogP contribution in [0.4, 0.5) is 23.7 Å². The van der Waals surface area contributed by atoms with Crippen LogP contribution < -0.4 is 10.2 Å². The lowest BCUT2D eigenvalue weighted by Crippen LogP contribution is -2.65. The van der Waals surface area contributed by atoms with Gasteiger partial charge in [-0.3, -0.25) is 5.32 Å². The molecule has 8 nitrogen and oxygen atoms in total. The van der Waals surface area contributed by atoms with Crippen LogP contribution in [0, 0.1) is 0 Å². The molecule has 0 saturated carbocycles. The third kappa shape index (κ3) is 7.77. The zero-order valence-corrected chi connectivity index (χ0v) is 25.9. The molecule has 1 fully saturated rings. The maximum absolute atomic E-state index is 14.9. The summed E-state index contributed by atoms with van der Waals surface area (Å²) < 4.78 is 55.8. The zero-order valence-electron chi connectivity index (χ0n) is 25.9. The van der Waals surface area contributed by atoms with Crippen LogP contribution in [0.2, 0.25) is 0 Å². The van der Waals surface area contributed by atoms with Crippen LogP contribution >= 0.6 is 0 Å². The number of halogens is 3. The van der Waals surface area contributed by atoms with Crippen molar-refractivity contribution in [1.29, 1.82) is 0 Å². The predicted molar refractivity (Wildman–Crippen MR) is 165 cm³/mol. The molecule has 1 aliphatic rings. The number of rotatable bonds is 11. The van der Waals surface area contributed by atoms with E-state index in [0.717, 1.165) is 11.1 Å². The van der Waals surface area contributed by atoms with Crippen molar-refractivity contribution in [2.45, 2.75) is 63.1 Å². The van der Waals surface area contributed by atoms with Crippen LogP contribution in [-0.2, 0) is 32.9 Å². The molecule has 1 heterocycles. The second-order valence-electron chi connectivity index (χ2n) is 12.3. The minimum Gasteiger partial charge on any atom is -0.479 e. The number of aliphatic carboxylic acids is 1. The largest absolute Gasteiger partial charge is 0.479 e. The number of hydrogen-bond acceptors (Lipinski definition) is 6. The monoisotopic (exact) mass is 627 g/mol. The summed E-state index contributed by atoms with van der Waals surface area (Å²) in [6.45, 7) is 5.59. The van der Waals surface area contributed by atoms with Gasteiger partial charge in [0.1, 0.15) is 5.60 Å². The van der Waals surface area contributed by atoms with Gasteiger partial charge < -0.3 is 24.4 Å². The van der Waals surface area contributed by atoms with E-state index in [1.165, 1.54) is 36.2 Å². The van der Waals surface area contributed by atoms with E-state index < -0.39 is 47.0 Å². The van der Waals surface area contributed by atoms with Crippen molar-refractivity contribution in [3.05, 3.63) is 102 Å². The standard InChI is InChI=1S/C34H40F3N3O5/c1-31(2,3)45-30(43)39(4)32(19-20-44-24-32)23-38-33(29(41)42,34(35,36)37)27-15-17-28(18-16-27)40(21-25-11-7-5-8-12-25)22-26-13-9-6-10-14-26/h5-18,38H,19-24H2,1-4H3,(H,41,42). The maximum atomic E-state index is 14.9. The molecule has 2 unspecified atom stereocenters. The second kappa shape index (κ2) is 13.5. The molecule has 1 amide bonds. The van der Waals surface area contributed by atoms with Crippen LogP contribution in [0.1, 0.15) is 43.9 Å². The number of hydrogen-bond donors (Lipinski definition) is 2. The Kier molecular flexibility index (Phi) is 10.1. The van der Waals surface area contributed by atoms with E-state index in [2.05, 4.69) is 5.32 Å². The molecule has 11 heteroatoms. The molecule has 0 spiro atoms. The van der Waals surface area contributed by atoms with Gasteiger partial charge in [-0.2, -0.15) is 13.2 Å². The van der Waals surface area contributed by atoms with E-state index >= 15 is 0 Å². The van der Waals surface area contributed by atoms with Crippen LogP contribution in [0.3, 0.4) is 0 Å². The average molecular weight is 628 g/mol. The zero-order chi connectivity index (χ0) is 32.9. The van der Waals surface area contributed by atoms with Crippen molar-refractivity contribution in [2.24, 2.45) is 0 Å². The summed E-state index contributed by atoms with van der Waals surface area (Å²) in [5, 5.41) is 12.5. The van der Waals surface area contributed by atoms with Gasteiger partial charge in [0, 0.05) is 39.0 Å². The van der Waals surface area contributed by atoms with Gasteiger partial charge >= 0.3 is 18.2 Å². The highest BCUT2D eigenvalue weighted by Crippen LogP contribution is 2.41. The lowest BCUT2D eigenvalue weighted by atomic mass is 9.86. The van der Waals surface area contributed by atoms with Crippen molar-refractivity contribution in [1.82, 2.24) is 10.2 Å². The van der Waals surface area contributed by atoms with Gasteiger partial charge in [0.25, 0.3) is 0 Å². The summed E-state index contributed by atoms with van der Waals surface area (Å²) >= 11 is 0. The van der Waals surface area contributed by atoms with Crippen molar-refractivity contribution in [3.8, 4) is 0 Å². The molecule has 4 rings (SSSR count). The molecule has 2 atom stereocenters. The Morgan fingerprint density at radius 1 is 0.911 bits per heavy atom. The first-order chi connectivity index (χ1) is 21.2. The van der Waals surface area contributed by atoms with Crippen LogP contribution in [0.15, 0.2) is 84.9 Å². The molecule has 0 aliphatic carbocycles. The summed E-state index contributed by atoms with van der Waals surface area (Å²) in [6, 6.07) is 24.7. The molecule has 0 aromatic heterocycles. The van der Waals surface area contributed by atoms with Gasteiger partial charge in [-0.15, -0.1) is 0 Å². The van der Waals surface area contributed by atoms with Gasteiger partial charge in [0.15, 0.2) is 0 Å². The summed E-state index contributed by atoms with van der Waals surface area (Å²) in [7, 11) is 1.42. The van der Waals surface area contributed by atoms with E-state index in [1.807, 2.05) is 65.6 Å². The lowest BCUT2D eigenvalue weighted by molar-refractivity contribution is -0.214. The summed E-state index contributed by atoms with van der Waals surface area (Å²) in [5.41, 5.74) is -3.42. The number of carboxylic acids is 1. The Morgan fingerprint density at radius 3 is 1.87 bits per heavy atom. The topological polar surface area (TPSA) is 91.3 Å². The first kappa shape index (κ1) is 33.8. The Bertz CT molecular complexity index is 1380. The Hall–Kier alpha value is -4.09. The molecule has 3 aromatic carbocycles. The lowest BCUT2D eigenvalue weighted by Gasteiger charge is -2.41. The number of carbonyl (C=O) groups excluding carboxylic acids is 1. The summed E-state index contributed by atoms with van der Waals surface area (Å²) in [5.74, 6) is -2.11. The fourth-order valence-electron chi connectivity index (χ4n) is 5.39. The molecular weight excluding hydrogens is 587 g/mol. The van der Waals surface area contributed by atoms with Gasteiger partial charge in [-0.25, -0.2) is 9.59 Å². The van der Waals surface area contributed by atoms with Crippen molar-refractivity contribution >= 4 is 17.7 Å². The number of ether oxygens (including phenoxy) is 2. The molecule has 2 N–H and O–H groups in total. The number of carboxylic acid groups (broad SMARTS) is 1. The van der Waals surface area contributed by atoms with Gasteiger partial charge in [-0.05, 0) is 56.0 Å². The average Bonchev–Trinajstić information content (AvgIpc) is 3.46. The van der Waals surface area contributed by atoms with Crippen LogP contribution in [0.5, 0.6) is 0 Å². The molecule has 45 heavy (non-hydrogen) atoms. The Balaban J connectivity index is 1.67. The number of alkyl halides is 3. The fourth-order valence-corrected chi connectivity index (χ4v) is 5.39. The fraction of sp³-hybridized carbons (Fsp3) is 0.412. The van der Waals surface area contributed by atoms with Crippen molar-refractivity contribution in [2.75, 3.05) is 31.7 Å². The van der Waals surface area contributed by atoms with Gasteiger partial charge in [-0.1, -0.05) is 72.8 Å². The molecule has 1 saturated heterocycles. The number of nitrogens with zero attached hydrogens (tertiary/aromatic N) is 2. The van der Waals surface area contributed by atoms with E-state index in [9.17, 15) is 27.9 Å². The first-order valence-corrected chi connectivity index (χ1v) is 14.7. The SMILES string of the molecule is CN(C(=O)OC(C)(C)C)C1(CNC(C(=O)O)(c2ccc(N(Cc3ccccc3)Cc3ccccc3)cc2)C(F)(F)F)CCOC1. The minimum absolute atomic E-state index is 0.0871. The number of carbonyl (C=O) groups is 2. The maximum Gasteiger partial charge on any atom is 0.421 e. The minimum atomic E-state index is -5.24. The quantitative estimate of drug-likeness (QED) is 0.256. The van der Waals surface area contributed by atoms with Crippen molar-refractivity contribution in [3.63, 3.8) is 0 Å². The highest BCUT2D eigenvalue weighted by atomic mass is 19.4. The molecule has 3 aromatic rings. The Morgan fingerprint density at radius 2 is 1.44 bits per heavy atom. The predicted octanol–water partition coefficient (Wildman–Crippen LogP) is 6.35. The van der Waals surface area contributed by atoms with Crippen LogP contribution in [0.25, 0.3) is 0 Å². The second-order valence-corrected chi connectivity index (χ2v) is 12.3. The van der Waals surface area contributed by atoms with E-state index in [4.69, 9.17) is 9.47 Å². The van der Waals surface area contributed by atoms with Gasteiger partial charge in [0.05, 0.1) is 12.1 Å². The molecule has 1 aliphatic heterocycles. The van der Waals surface area contributed by atoms with E-state index in [0.29, 0.717) is 18.8 Å². The van der Waals surface area contributed by atoms with E-state index in [-0.39, 0.29) is 19.6 Å². The highest BCUT2D eigenvalue weighted by molar-refractivity contribution is 5.82. The number of benzene rings is 3. The molecule has 242 valence electrons. The third-order valence-electron chi connectivity index (χ3n) is 7.99. The smallest absolute Gasteiger partial charge is 0.421 e.